The molecule has 0 radical (unpaired) electrons. The van der Waals surface area contributed by atoms with E-state index in [0.717, 1.165) is 0 Å². The summed E-state index contributed by atoms with van der Waals surface area (Å²) in [7, 11) is -2.29. The Morgan fingerprint density at radius 1 is 1.14 bits per heavy atom. The third-order valence-electron chi connectivity index (χ3n) is 4.02. The zero-order valence-electron chi connectivity index (χ0n) is 16.0. The van der Waals surface area contributed by atoms with Gasteiger partial charge in [-0.25, -0.2) is 8.42 Å². The van der Waals surface area contributed by atoms with Gasteiger partial charge in [-0.05, 0) is 56.3 Å². The molecule has 0 aliphatic rings. The van der Waals surface area contributed by atoms with E-state index in [1.165, 1.54) is 59.9 Å². The number of alkyl halides is 3. The van der Waals surface area contributed by atoms with Crippen LogP contribution in [0.4, 0.5) is 18.9 Å². The van der Waals surface area contributed by atoms with Gasteiger partial charge in [0.25, 0.3) is 5.91 Å². The Labute approximate surface area is 167 Å². The number of benzene rings is 2. The monoisotopic (exact) mass is 430 g/mol. The second-order valence-electron chi connectivity index (χ2n) is 6.53. The van der Waals surface area contributed by atoms with E-state index < -0.39 is 28.7 Å². The van der Waals surface area contributed by atoms with E-state index in [-0.39, 0.29) is 22.3 Å². The number of ether oxygens (including phenoxy) is 1. The molecule has 0 aliphatic carbocycles. The van der Waals surface area contributed by atoms with E-state index in [4.69, 9.17) is 0 Å². The molecule has 0 aromatic heterocycles. The molecule has 0 saturated heterocycles. The van der Waals surface area contributed by atoms with Gasteiger partial charge < -0.3 is 10.1 Å². The smallest absolute Gasteiger partial charge is 0.422 e. The number of sulfonamides is 1. The summed E-state index contributed by atoms with van der Waals surface area (Å²) >= 11 is 0. The van der Waals surface area contributed by atoms with Crippen LogP contribution in [0.1, 0.15) is 24.2 Å². The fourth-order valence-corrected chi connectivity index (χ4v) is 3.66. The minimum atomic E-state index is -4.44. The van der Waals surface area contributed by atoms with Crippen LogP contribution in [-0.2, 0) is 10.0 Å². The fraction of sp³-hybridized carbons (Fsp3) is 0.316. The molecule has 0 fully saturated rings. The second-order valence-corrected chi connectivity index (χ2v) is 8.52. The van der Waals surface area contributed by atoms with Crippen molar-refractivity contribution >= 4 is 21.6 Å². The highest BCUT2D eigenvalue weighted by atomic mass is 32.2. The fourth-order valence-electron chi connectivity index (χ4n) is 2.24. The van der Waals surface area contributed by atoms with Crippen LogP contribution in [-0.4, -0.2) is 44.5 Å². The molecule has 10 heteroatoms. The van der Waals surface area contributed by atoms with Crippen LogP contribution in [0.25, 0.3) is 0 Å². The van der Waals surface area contributed by atoms with Crippen LogP contribution < -0.4 is 10.1 Å². The molecule has 1 amide bonds. The molecular weight excluding hydrogens is 409 g/mol. The first-order valence-corrected chi connectivity index (χ1v) is 10.0. The van der Waals surface area contributed by atoms with Gasteiger partial charge in [-0.15, -0.1) is 0 Å². The number of nitrogens with zero attached hydrogens (tertiary/aromatic N) is 1. The van der Waals surface area contributed by atoms with E-state index >= 15 is 0 Å². The average Bonchev–Trinajstić information content (AvgIpc) is 2.66. The summed E-state index contributed by atoms with van der Waals surface area (Å²) in [4.78, 5) is 12.4. The summed E-state index contributed by atoms with van der Waals surface area (Å²) in [5, 5.41) is 2.56. The molecular formula is C19H21F3N2O4S. The molecule has 2 aromatic carbocycles. The van der Waals surface area contributed by atoms with Crippen molar-refractivity contribution in [3.63, 3.8) is 0 Å². The Bertz CT molecular complexity index is 958. The maximum Gasteiger partial charge on any atom is 0.422 e. The Kier molecular flexibility index (Phi) is 6.91. The number of halogens is 3. The average molecular weight is 430 g/mol. The van der Waals surface area contributed by atoms with Gasteiger partial charge in [0.15, 0.2) is 6.61 Å². The molecule has 0 saturated carbocycles. The van der Waals surface area contributed by atoms with Crippen LogP contribution >= 0.6 is 0 Å². The van der Waals surface area contributed by atoms with Crippen LogP contribution in [0.2, 0.25) is 0 Å². The normalized spacial score (nSPS) is 12.3. The molecule has 29 heavy (non-hydrogen) atoms. The van der Waals surface area contributed by atoms with Crippen LogP contribution in [0.5, 0.6) is 5.75 Å². The van der Waals surface area contributed by atoms with Gasteiger partial charge in [0.1, 0.15) is 5.75 Å². The lowest BCUT2D eigenvalue weighted by Gasteiger charge is -2.21. The third-order valence-corrected chi connectivity index (χ3v) is 6.04. The summed E-state index contributed by atoms with van der Waals surface area (Å²) in [5.74, 6) is -0.552. The first kappa shape index (κ1) is 22.7. The first-order valence-electron chi connectivity index (χ1n) is 8.59. The highest BCUT2D eigenvalue weighted by Gasteiger charge is 2.28. The molecule has 0 aliphatic heterocycles. The maximum absolute atomic E-state index is 12.6. The SMILES string of the molecule is CC(C)N(C)S(=O)(=O)c1cccc(C(=O)Nc2ccc(OCC(F)(F)F)cc2)c1. The van der Waals surface area contributed by atoms with Crippen molar-refractivity contribution in [2.75, 3.05) is 19.0 Å². The van der Waals surface area contributed by atoms with Gasteiger partial charge >= 0.3 is 6.18 Å². The van der Waals surface area contributed by atoms with Crippen molar-refractivity contribution in [1.29, 1.82) is 0 Å². The number of anilines is 1. The van der Waals surface area contributed by atoms with E-state index in [9.17, 15) is 26.4 Å². The minimum absolute atomic E-state index is 0.00476. The van der Waals surface area contributed by atoms with Crippen molar-refractivity contribution in [1.82, 2.24) is 4.31 Å². The highest BCUT2D eigenvalue weighted by Crippen LogP contribution is 2.22. The van der Waals surface area contributed by atoms with Crippen LogP contribution in [0, 0.1) is 0 Å². The molecule has 0 heterocycles. The number of amides is 1. The topological polar surface area (TPSA) is 75.7 Å². The highest BCUT2D eigenvalue weighted by molar-refractivity contribution is 7.89. The molecule has 1 N–H and O–H groups in total. The zero-order chi connectivity index (χ0) is 21.8. The van der Waals surface area contributed by atoms with Gasteiger partial charge in [0.05, 0.1) is 4.90 Å². The summed E-state index contributed by atoms with van der Waals surface area (Å²) in [5.41, 5.74) is 0.447. The molecule has 0 bridgehead atoms. The number of hydrogen-bond donors (Lipinski definition) is 1. The third kappa shape index (κ3) is 6.20. The molecule has 0 unspecified atom stereocenters. The minimum Gasteiger partial charge on any atom is -0.484 e. The quantitative estimate of drug-likeness (QED) is 0.723. The predicted octanol–water partition coefficient (Wildman–Crippen LogP) is 3.91. The molecule has 0 spiro atoms. The van der Waals surface area contributed by atoms with Gasteiger partial charge in [-0.2, -0.15) is 17.5 Å². The summed E-state index contributed by atoms with van der Waals surface area (Å²) in [6, 6.07) is 10.7. The standard InChI is InChI=1S/C19H21F3N2O4S/c1-13(2)24(3)29(26,27)17-6-4-5-14(11-17)18(25)23-15-7-9-16(10-8-15)28-12-19(20,21)22/h4-11,13H,12H2,1-3H3,(H,23,25). The van der Waals surface area contributed by atoms with E-state index in [1.807, 2.05) is 0 Å². The summed E-state index contributed by atoms with van der Waals surface area (Å²) in [6.45, 7) is 2.05. The lowest BCUT2D eigenvalue weighted by molar-refractivity contribution is -0.153. The Hall–Kier alpha value is -2.59. The van der Waals surface area contributed by atoms with Gasteiger partial charge in [0.2, 0.25) is 10.0 Å². The molecule has 0 atom stereocenters. The van der Waals surface area contributed by atoms with Crippen LogP contribution in [0.3, 0.4) is 0 Å². The van der Waals surface area contributed by atoms with E-state index in [2.05, 4.69) is 10.1 Å². The predicted molar refractivity (Wildman–Crippen MR) is 102 cm³/mol. The van der Waals surface area contributed by atoms with Crippen molar-refractivity contribution in [2.24, 2.45) is 0 Å². The maximum atomic E-state index is 12.6. The number of carbonyl (C=O) groups is 1. The molecule has 2 aromatic rings. The molecule has 2 rings (SSSR count). The lowest BCUT2D eigenvalue weighted by atomic mass is 10.2. The Balaban J connectivity index is 2.12. The number of hydrogen-bond acceptors (Lipinski definition) is 4. The first-order chi connectivity index (χ1) is 13.4. The van der Waals surface area contributed by atoms with Crippen molar-refractivity contribution in [3.8, 4) is 5.75 Å². The number of carbonyl (C=O) groups excluding carboxylic acids is 1. The van der Waals surface area contributed by atoms with Crippen LogP contribution in [0.15, 0.2) is 53.4 Å². The summed E-state index contributed by atoms with van der Waals surface area (Å²) < 4.78 is 67.4. The molecule has 158 valence electrons. The number of rotatable bonds is 7. The number of nitrogens with one attached hydrogen (secondary N) is 1. The van der Waals surface area contributed by atoms with Gasteiger partial charge in [0, 0.05) is 24.3 Å². The van der Waals surface area contributed by atoms with Gasteiger partial charge in [-0.3, -0.25) is 4.79 Å². The molecule has 6 nitrogen and oxygen atoms in total. The van der Waals surface area contributed by atoms with E-state index in [1.54, 1.807) is 13.8 Å². The Morgan fingerprint density at radius 3 is 2.31 bits per heavy atom. The summed E-state index contributed by atoms with van der Waals surface area (Å²) in [6.07, 6.45) is -4.44. The second kappa shape index (κ2) is 8.83. The van der Waals surface area contributed by atoms with Crippen molar-refractivity contribution in [2.45, 2.75) is 31.0 Å². The lowest BCUT2D eigenvalue weighted by Crippen LogP contribution is -2.33. The zero-order valence-corrected chi connectivity index (χ0v) is 16.8. The van der Waals surface area contributed by atoms with Gasteiger partial charge in [-0.1, -0.05) is 6.07 Å². The van der Waals surface area contributed by atoms with Crippen molar-refractivity contribution < 1.29 is 31.1 Å². The Morgan fingerprint density at radius 2 is 1.76 bits per heavy atom. The van der Waals surface area contributed by atoms with Crippen molar-refractivity contribution in [3.05, 3.63) is 54.1 Å². The largest absolute Gasteiger partial charge is 0.484 e. The van der Waals surface area contributed by atoms with E-state index in [0.29, 0.717) is 5.69 Å².